The lowest BCUT2D eigenvalue weighted by Crippen LogP contribution is -2.36. The molecule has 1 aromatic rings. The Bertz CT molecular complexity index is 482. The van der Waals surface area contributed by atoms with Crippen molar-refractivity contribution in [3.05, 3.63) is 24.3 Å². The van der Waals surface area contributed by atoms with Gasteiger partial charge in [0.25, 0.3) is 0 Å². The minimum absolute atomic E-state index is 0.113. The number of anilines is 1. The van der Waals surface area contributed by atoms with E-state index in [2.05, 4.69) is 0 Å². The van der Waals surface area contributed by atoms with Gasteiger partial charge in [-0.3, -0.25) is 0 Å². The topological polar surface area (TPSA) is 81.9 Å². The number of para-hydroxylation sites is 1. The third kappa shape index (κ3) is 4.17. The van der Waals surface area contributed by atoms with Gasteiger partial charge in [0.1, 0.15) is 4.90 Å². The molecule has 0 fully saturated rings. The number of nitrogens with zero attached hydrogens (tertiary/aromatic N) is 1. The second kappa shape index (κ2) is 7.44. The molecule has 0 aliphatic carbocycles. The molecule has 108 valence electrons. The van der Waals surface area contributed by atoms with Crippen molar-refractivity contribution in [1.29, 1.82) is 0 Å². The Morgan fingerprint density at radius 1 is 1.11 bits per heavy atom. The van der Waals surface area contributed by atoms with E-state index in [0.717, 1.165) is 0 Å². The first kappa shape index (κ1) is 15.9. The van der Waals surface area contributed by atoms with E-state index < -0.39 is 10.0 Å². The third-order valence-electron chi connectivity index (χ3n) is 2.63. The summed E-state index contributed by atoms with van der Waals surface area (Å²) in [5.74, 6) is 0. The van der Waals surface area contributed by atoms with E-state index in [9.17, 15) is 8.42 Å². The van der Waals surface area contributed by atoms with Gasteiger partial charge in [-0.25, -0.2) is 8.42 Å². The van der Waals surface area contributed by atoms with Crippen LogP contribution >= 0.6 is 0 Å². The van der Waals surface area contributed by atoms with Crippen LogP contribution in [0.1, 0.15) is 0 Å². The molecular formula is C12H20N2O4S. The maximum Gasteiger partial charge on any atom is 0.245 e. The van der Waals surface area contributed by atoms with E-state index in [1.54, 1.807) is 18.2 Å². The van der Waals surface area contributed by atoms with Gasteiger partial charge >= 0.3 is 0 Å². The summed E-state index contributed by atoms with van der Waals surface area (Å²) in [6.07, 6.45) is 0. The number of ether oxygens (including phenoxy) is 2. The second-order valence-corrected chi connectivity index (χ2v) is 5.83. The first-order valence-electron chi connectivity index (χ1n) is 5.86. The molecule has 1 aromatic carbocycles. The van der Waals surface area contributed by atoms with Crippen molar-refractivity contribution >= 4 is 15.7 Å². The molecule has 0 aromatic heterocycles. The maximum absolute atomic E-state index is 12.5. The Balaban J connectivity index is 3.01. The molecule has 0 aliphatic heterocycles. The number of hydrogen-bond donors (Lipinski definition) is 1. The van der Waals surface area contributed by atoms with Gasteiger partial charge in [-0.05, 0) is 12.1 Å². The smallest absolute Gasteiger partial charge is 0.245 e. The maximum atomic E-state index is 12.5. The molecule has 2 N–H and O–H groups in total. The summed E-state index contributed by atoms with van der Waals surface area (Å²) >= 11 is 0. The van der Waals surface area contributed by atoms with Crippen LogP contribution in [0.2, 0.25) is 0 Å². The molecule has 0 heterocycles. The summed E-state index contributed by atoms with van der Waals surface area (Å²) in [6, 6.07) is 6.41. The number of rotatable bonds is 8. The summed E-state index contributed by atoms with van der Waals surface area (Å²) < 4.78 is 36.2. The molecule has 0 saturated heterocycles. The molecule has 0 atom stereocenters. The predicted octanol–water partition coefficient (Wildman–Crippen LogP) is 0.552. The number of methoxy groups -OCH3 is 2. The highest BCUT2D eigenvalue weighted by Gasteiger charge is 2.25. The number of nitrogen functional groups attached to an aromatic ring is 1. The molecular weight excluding hydrogens is 268 g/mol. The van der Waals surface area contributed by atoms with Crippen molar-refractivity contribution in [2.75, 3.05) is 46.3 Å². The largest absolute Gasteiger partial charge is 0.398 e. The van der Waals surface area contributed by atoms with E-state index >= 15 is 0 Å². The number of nitrogens with two attached hydrogens (primary N) is 1. The lowest BCUT2D eigenvalue weighted by molar-refractivity contribution is 0.150. The lowest BCUT2D eigenvalue weighted by atomic mass is 10.3. The highest BCUT2D eigenvalue weighted by molar-refractivity contribution is 7.89. The van der Waals surface area contributed by atoms with Crippen molar-refractivity contribution in [3.63, 3.8) is 0 Å². The SMILES string of the molecule is COCCN(CCOC)S(=O)(=O)c1ccccc1N. The van der Waals surface area contributed by atoms with Crippen LogP contribution in [0, 0.1) is 0 Å². The molecule has 0 radical (unpaired) electrons. The van der Waals surface area contributed by atoms with Gasteiger partial charge in [0.2, 0.25) is 10.0 Å². The summed E-state index contributed by atoms with van der Waals surface area (Å²) in [7, 11) is -0.576. The summed E-state index contributed by atoms with van der Waals surface area (Å²) in [6.45, 7) is 1.15. The number of benzene rings is 1. The predicted molar refractivity (Wildman–Crippen MR) is 73.4 cm³/mol. The van der Waals surface area contributed by atoms with Crippen LogP contribution in [0.4, 0.5) is 5.69 Å². The van der Waals surface area contributed by atoms with Crippen molar-refractivity contribution in [2.45, 2.75) is 4.90 Å². The van der Waals surface area contributed by atoms with Gasteiger partial charge < -0.3 is 15.2 Å². The summed E-state index contributed by atoms with van der Waals surface area (Å²) in [4.78, 5) is 0.113. The van der Waals surface area contributed by atoms with Crippen LogP contribution in [0.5, 0.6) is 0 Å². The fraction of sp³-hybridized carbons (Fsp3) is 0.500. The van der Waals surface area contributed by atoms with Crippen molar-refractivity contribution < 1.29 is 17.9 Å². The Hall–Kier alpha value is -1.15. The molecule has 0 bridgehead atoms. The molecule has 0 amide bonds. The zero-order valence-corrected chi connectivity index (χ0v) is 12.0. The fourth-order valence-corrected chi connectivity index (χ4v) is 3.12. The van der Waals surface area contributed by atoms with E-state index in [1.807, 2.05) is 0 Å². The van der Waals surface area contributed by atoms with Crippen molar-refractivity contribution in [2.24, 2.45) is 0 Å². The monoisotopic (exact) mass is 288 g/mol. The van der Waals surface area contributed by atoms with Crippen LogP contribution in [-0.2, 0) is 19.5 Å². The minimum atomic E-state index is -3.63. The third-order valence-corrected chi connectivity index (χ3v) is 4.60. The molecule has 0 saturated carbocycles. The molecule has 6 nitrogen and oxygen atoms in total. The van der Waals surface area contributed by atoms with Crippen LogP contribution in [-0.4, -0.2) is 53.2 Å². The summed E-state index contributed by atoms with van der Waals surface area (Å²) in [5.41, 5.74) is 5.97. The van der Waals surface area contributed by atoms with Gasteiger partial charge in [-0.2, -0.15) is 4.31 Å². The quantitative estimate of drug-likeness (QED) is 0.707. The van der Waals surface area contributed by atoms with Crippen LogP contribution in [0.25, 0.3) is 0 Å². The first-order chi connectivity index (χ1) is 9.04. The minimum Gasteiger partial charge on any atom is -0.398 e. The first-order valence-corrected chi connectivity index (χ1v) is 7.30. The molecule has 0 spiro atoms. The average Bonchev–Trinajstić information content (AvgIpc) is 2.39. The number of sulfonamides is 1. The zero-order valence-electron chi connectivity index (χ0n) is 11.2. The van der Waals surface area contributed by atoms with Gasteiger partial charge in [0.05, 0.1) is 18.9 Å². The van der Waals surface area contributed by atoms with Crippen LogP contribution in [0.15, 0.2) is 29.2 Å². The molecule has 0 aliphatic rings. The van der Waals surface area contributed by atoms with E-state index in [-0.39, 0.29) is 23.7 Å². The summed E-state index contributed by atoms with van der Waals surface area (Å²) in [5, 5.41) is 0. The standard InChI is InChI=1S/C12H20N2O4S/c1-17-9-7-14(8-10-18-2)19(15,16)12-6-4-3-5-11(12)13/h3-6H,7-10,13H2,1-2H3. The molecule has 19 heavy (non-hydrogen) atoms. The van der Waals surface area contributed by atoms with E-state index in [1.165, 1.54) is 24.6 Å². The molecule has 0 unspecified atom stereocenters. The van der Waals surface area contributed by atoms with Crippen LogP contribution in [0.3, 0.4) is 0 Å². The Morgan fingerprint density at radius 2 is 1.63 bits per heavy atom. The zero-order chi connectivity index (χ0) is 14.3. The second-order valence-electron chi connectivity index (χ2n) is 3.93. The van der Waals surface area contributed by atoms with Gasteiger partial charge in [-0.1, -0.05) is 12.1 Å². The van der Waals surface area contributed by atoms with E-state index in [4.69, 9.17) is 15.2 Å². The average molecular weight is 288 g/mol. The normalized spacial score (nSPS) is 11.9. The Kier molecular flexibility index (Phi) is 6.23. The van der Waals surface area contributed by atoms with Gasteiger partial charge in [0.15, 0.2) is 0 Å². The van der Waals surface area contributed by atoms with Gasteiger partial charge in [0, 0.05) is 27.3 Å². The highest BCUT2D eigenvalue weighted by atomic mass is 32.2. The van der Waals surface area contributed by atoms with Gasteiger partial charge in [-0.15, -0.1) is 0 Å². The number of hydrogen-bond acceptors (Lipinski definition) is 5. The van der Waals surface area contributed by atoms with Crippen molar-refractivity contribution in [1.82, 2.24) is 4.31 Å². The Labute approximate surface area is 114 Å². The van der Waals surface area contributed by atoms with E-state index in [0.29, 0.717) is 13.2 Å². The van der Waals surface area contributed by atoms with Crippen LogP contribution < -0.4 is 5.73 Å². The Morgan fingerprint density at radius 3 is 2.11 bits per heavy atom. The molecule has 1 rings (SSSR count). The molecule has 7 heteroatoms. The highest BCUT2D eigenvalue weighted by Crippen LogP contribution is 2.21. The fourth-order valence-electron chi connectivity index (χ4n) is 1.59. The lowest BCUT2D eigenvalue weighted by Gasteiger charge is -2.22. The van der Waals surface area contributed by atoms with Crippen molar-refractivity contribution in [3.8, 4) is 0 Å².